The Balaban J connectivity index is 1.89. The Labute approximate surface area is 128 Å². The number of nitrogens with zero attached hydrogens (tertiary/aromatic N) is 1. The van der Waals surface area contributed by atoms with Gasteiger partial charge in [0.2, 0.25) is 0 Å². The molecule has 0 radical (unpaired) electrons. The molecular weight excluding hydrogens is 290 g/mol. The van der Waals surface area contributed by atoms with Crippen LogP contribution in [0.15, 0.2) is 48.7 Å². The van der Waals surface area contributed by atoms with Crippen LogP contribution in [-0.4, -0.2) is 28.8 Å². The van der Waals surface area contributed by atoms with Crippen LogP contribution in [0.3, 0.4) is 0 Å². The van der Waals surface area contributed by atoms with E-state index in [9.17, 15) is 9.90 Å². The van der Waals surface area contributed by atoms with Gasteiger partial charge in [-0.2, -0.15) is 0 Å². The van der Waals surface area contributed by atoms with Crippen LogP contribution in [-0.2, 0) is 6.42 Å². The van der Waals surface area contributed by atoms with Gasteiger partial charge in [-0.3, -0.25) is 5.32 Å². The molecule has 0 saturated heterocycles. The number of hydrogen-bond donors (Lipinski definition) is 3. The number of aliphatic hydroxyl groups excluding tert-OH is 1. The normalized spacial score (nSPS) is 11.7. The van der Waals surface area contributed by atoms with E-state index < -0.39 is 6.03 Å². The Bertz CT molecular complexity index is 575. The van der Waals surface area contributed by atoms with Crippen LogP contribution in [0, 0.1) is 0 Å². The monoisotopic (exact) mass is 305 g/mol. The highest BCUT2D eigenvalue weighted by molar-refractivity contribution is 6.30. The molecule has 0 fully saturated rings. The number of halogens is 1. The molecule has 0 aliphatic rings. The number of hydrogen-bond acceptors (Lipinski definition) is 3. The van der Waals surface area contributed by atoms with Crippen molar-refractivity contribution in [2.75, 3.05) is 11.9 Å². The zero-order chi connectivity index (χ0) is 15.1. The molecule has 1 atom stereocenters. The number of carbonyl (C=O) groups excluding carboxylic acids is 1. The van der Waals surface area contributed by atoms with Crippen LogP contribution in [0.2, 0.25) is 5.02 Å². The fraction of sp³-hybridized carbons (Fsp3) is 0.200. The second-order valence-electron chi connectivity index (χ2n) is 4.53. The van der Waals surface area contributed by atoms with E-state index in [2.05, 4.69) is 15.6 Å². The average molecular weight is 306 g/mol. The lowest BCUT2D eigenvalue weighted by atomic mass is 10.1. The van der Waals surface area contributed by atoms with Gasteiger partial charge >= 0.3 is 6.03 Å². The highest BCUT2D eigenvalue weighted by atomic mass is 35.5. The quantitative estimate of drug-likeness (QED) is 0.794. The number of aliphatic hydroxyl groups is 1. The minimum Gasteiger partial charge on any atom is -0.394 e. The maximum Gasteiger partial charge on any atom is 0.320 e. The molecule has 0 aliphatic heterocycles. The largest absolute Gasteiger partial charge is 0.394 e. The number of benzene rings is 1. The van der Waals surface area contributed by atoms with Gasteiger partial charge in [0.25, 0.3) is 0 Å². The summed E-state index contributed by atoms with van der Waals surface area (Å²) >= 11 is 5.72. The Morgan fingerprint density at radius 2 is 2.00 bits per heavy atom. The number of anilines is 1. The standard InChI is InChI=1S/C15H16ClN3O2/c16-12-6-7-14(17-9-12)19-15(21)18-13(10-20)8-11-4-2-1-3-5-11/h1-7,9,13,20H,8,10H2,(H2,17,18,19,21)/t13-/m0/s1. The van der Waals surface area contributed by atoms with Crippen LogP contribution in [0.5, 0.6) is 0 Å². The molecular formula is C15H16ClN3O2. The molecule has 5 nitrogen and oxygen atoms in total. The molecule has 0 aliphatic carbocycles. The van der Waals surface area contributed by atoms with Crippen molar-refractivity contribution in [2.45, 2.75) is 12.5 Å². The fourth-order valence-corrected chi connectivity index (χ4v) is 1.96. The highest BCUT2D eigenvalue weighted by Crippen LogP contribution is 2.09. The van der Waals surface area contributed by atoms with Crippen LogP contribution in [0.1, 0.15) is 5.56 Å². The summed E-state index contributed by atoms with van der Waals surface area (Å²) in [6.07, 6.45) is 2.00. The minimum absolute atomic E-state index is 0.142. The maximum atomic E-state index is 11.9. The first-order valence-electron chi connectivity index (χ1n) is 6.51. The van der Waals surface area contributed by atoms with Crippen LogP contribution in [0.25, 0.3) is 0 Å². The highest BCUT2D eigenvalue weighted by Gasteiger charge is 2.12. The Hall–Kier alpha value is -2.11. The third-order valence-electron chi connectivity index (χ3n) is 2.85. The molecule has 21 heavy (non-hydrogen) atoms. The summed E-state index contributed by atoms with van der Waals surface area (Å²) in [5.74, 6) is 0.397. The predicted molar refractivity (Wildman–Crippen MR) is 82.4 cm³/mol. The molecule has 0 bridgehead atoms. The van der Waals surface area contributed by atoms with Crippen molar-refractivity contribution >= 4 is 23.4 Å². The lowest BCUT2D eigenvalue weighted by Gasteiger charge is -2.16. The van der Waals surface area contributed by atoms with Gasteiger partial charge < -0.3 is 10.4 Å². The zero-order valence-corrected chi connectivity index (χ0v) is 12.0. The third kappa shape index (κ3) is 5.06. The van der Waals surface area contributed by atoms with Crippen molar-refractivity contribution in [3.63, 3.8) is 0 Å². The van der Waals surface area contributed by atoms with E-state index in [0.717, 1.165) is 5.56 Å². The van der Waals surface area contributed by atoms with Crippen molar-refractivity contribution < 1.29 is 9.90 Å². The fourth-order valence-electron chi connectivity index (χ4n) is 1.85. The molecule has 0 spiro atoms. The minimum atomic E-state index is -0.417. The number of amides is 2. The lowest BCUT2D eigenvalue weighted by molar-refractivity contribution is 0.224. The topological polar surface area (TPSA) is 74.2 Å². The van der Waals surface area contributed by atoms with Gasteiger partial charge in [-0.05, 0) is 24.1 Å². The van der Waals surface area contributed by atoms with E-state index in [1.54, 1.807) is 12.1 Å². The van der Waals surface area contributed by atoms with Crippen molar-refractivity contribution in [3.8, 4) is 0 Å². The molecule has 0 saturated carbocycles. The summed E-state index contributed by atoms with van der Waals surface area (Å²) in [4.78, 5) is 15.8. The van der Waals surface area contributed by atoms with E-state index in [1.807, 2.05) is 30.3 Å². The molecule has 2 aromatic rings. The summed E-state index contributed by atoms with van der Waals surface area (Å²) < 4.78 is 0. The predicted octanol–water partition coefficient (Wildman–Crippen LogP) is 2.46. The molecule has 3 N–H and O–H groups in total. The van der Waals surface area contributed by atoms with E-state index >= 15 is 0 Å². The van der Waals surface area contributed by atoms with Crippen LogP contribution < -0.4 is 10.6 Å². The Kier molecular flexibility index (Phi) is 5.54. The van der Waals surface area contributed by atoms with Gasteiger partial charge in [0, 0.05) is 6.20 Å². The molecule has 2 amide bonds. The molecule has 6 heteroatoms. The molecule has 1 aromatic heterocycles. The van der Waals surface area contributed by atoms with E-state index in [1.165, 1.54) is 6.20 Å². The van der Waals surface area contributed by atoms with Crippen LogP contribution >= 0.6 is 11.6 Å². The van der Waals surface area contributed by atoms with Crippen molar-refractivity contribution in [2.24, 2.45) is 0 Å². The summed E-state index contributed by atoms with van der Waals surface area (Å²) in [6, 6.07) is 12.1. The van der Waals surface area contributed by atoms with Gasteiger partial charge in [0.05, 0.1) is 17.7 Å². The number of nitrogens with one attached hydrogen (secondary N) is 2. The van der Waals surface area contributed by atoms with Gasteiger partial charge in [-0.1, -0.05) is 41.9 Å². The van der Waals surface area contributed by atoms with Gasteiger partial charge in [0.15, 0.2) is 0 Å². The van der Waals surface area contributed by atoms with Gasteiger partial charge in [-0.25, -0.2) is 9.78 Å². The third-order valence-corrected chi connectivity index (χ3v) is 3.07. The Morgan fingerprint density at radius 3 is 2.62 bits per heavy atom. The zero-order valence-electron chi connectivity index (χ0n) is 11.3. The van der Waals surface area contributed by atoms with E-state index in [4.69, 9.17) is 11.6 Å². The average Bonchev–Trinajstić information content (AvgIpc) is 2.50. The van der Waals surface area contributed by atoms with Gasteiger partial charge in [-0.15, -0.1) is 0 Å². The van der Waals surface area contributed by atoms with Gasteiger partial charge in [0.1, 0.15) is 5.82 Å². The second-order valence-corrected chi connectivity index (χ2v) is 4.97. The van der Waals surface area contributed by atoms with Crippen molar-refractivity contribution in [1.82, 2.24) is 10.3 Å². The first-order valence-corrected chi connectivity index (χ1v) is 6.89. The first-order chi connectivity index (χ1) is 10.2. The summed E-state index contributed by atoms with van der Waals surface area (Å²) in [5.41, 5.74) is 1.04. The van der Waals surface area contributed by atoms with Crippen molar-refractivity contribution in [3.05, 3.63) is 59.2 Å². The number of carbonyl (C=O) groups is 1. The van der Waals surface area contributed by atoms with E-state index in [0.29, 0.717) is 17.3 Å². The van der Waals surface area contributed by atoms with Crippen molar-refractivity contribution in [1.29, 1.82) is 0 Å². The number of aromatic nitrogens is 1. The molecule has 1 heterocycles. The Morgan fingerprint density at radius 1 is 1.24 bits per heavy atom. The number of pyridine rings is 1. The molecule has 110 valence electrons. The summed E-state index contributed by atoms with van der Waals surface area (Å²) in [6.45, 7) is -0.142. The number of urea groups is 1. The SMILES string of the molecule is O=C(Nc1ccc(Cl)cn1)N[C@H](CO)Cc1ccccc1. The number of rotatable bonds is 5. The molecule has 2 rings (SSSR count). The molecule has 1 aromatic carbocycles. The van der Waals surface area contributed by atoms with E-state index in [-0.39, 0.29) is 12.6 Å². The van der Waals surface area contributed by atoms with Crippen LogP contribution in [0.4, 0.5) is 10.6 Å². The first kappa shape index (κ1) is 15.3. The smallest absolute Gasteiger partial charge is 0.320 e. The molecule has 0 unspecified atom stereocenters. The summed E-state index contributed by atoms with van der Waals surface area (Å²) in [7, 11) is 0. The maximum absolute atomic E-state index is 11.9. The lowest BCUT2D eigenvalue weighted by Crippen LogP contribution is -2.41. The second kappa shape index (κ2) is 7.61. The summed E-state index contributed by atoms with van der Waals surface area (Å²) in [5, 5.41) is 15.2.